The summed E-state index contributed by atoms with van der Waals surface area (Å²) in [5.74, 6) is 1.87. The van der Waals surface area contributed by atoms with Gasteiger partial charge in [-0.1, -0.05) is 26.7 Å². The maximum Gasteiger partial charge on any atom is 0.0309 e. The predicted molar refractivity (Wildman–Crippen MR) is 76.7 cm³/mol. The first-order valence-corrected chi connectivity index (χ1v) is 8.18. The Bertz CT molecular complexity index is 283. The summed E-state index contributed by atoms with van der Waals surface area (Å²) in [4.78, 5) is 2.85. The number of hydrogen-bond donors (Lipinski definition) is 1. The lowest BCUT2D eigenvalue weighted by Crippen LogP contribution is -2.62. The maximum absolute atomic E-state index is 3.85. The predicted octanol–water partition coefficient (Wildman–Crippen LogP) is 3.03. The molecule has 2 aliphatic carbocycles. The minimum Gasteiger partial charge on any atom is -0.309 e. The largest absolute Gasteiger partial charge is 0.309 e. The van der Waals surface area contributed by atoms with Crippen LogP contribution in [0.1, 0.15) is 58.8 Å². The van der Waals surface area contributed by atoms with Gasteiger partial charge in [-0.25, -0.2) is 0 Å². The van der Waals surface area contributed by atoms with Crippen molar-refractivity contribution in [2.75, 3.05) is 19.6 Å². The highest BCUT2D eigenvalue weighted by molar-refractivity contribution is 5.00. The minimum atomic E-state index is 0.501. The Balaban J connectivity index is 1.65. The molecule has 3 unspecified atom stereocenters. The van der Waals surface area contributed by atoms with Gasteiger partial charge in [0.15, 0.2) is 0 Å². The lowest BCUT2D eigenvalue weighted by atomic mass is 9.78. The second kappa shape index (κ2) is 5.13. The molecule has 0 aromatic rings. The van der Waals surface area contributed by atoms with E-state index in [2.05, 4.69) is 24.1 Å². The van der Waals surface area contributed by atoms with Crippen molar-refractivity contribution in [1.82, 2.24) is 10.2 Å². The minimum absolute atomic E-state index is 0.501. The molecule has 1 N–H and O–H groups in total. The van der Waals surface area contributed by atoms with E-state index in [1.807, 2.05) is 0 Å². The molecule has 1 spiro atoms. The van der Waals surface area contributed by atoms with Crippen molar-refractivity contribution >= 4 is 0 Å². The van der Waals surface area contributed by atoms with E-state index in [9.17, 15) is 0 Å². The standard InChI is InChI=1S/C16H30N2/c1-13-5-6-15(14(2)11-13)18-10-9-17-16(12-18)7-3-4-8-16/h13-15,17H,3-12H2,1-2H3. The number of nitrogens with one attached hydrogen (secondary N) is 1. The van der Waals surface area contributed by atoms with Gasteiger partial charge in [0, 0.05) is 31.2 Å². The molecule has 2 nitrogen and oxygen atoms in total. The summed E-state index contributed by atoms with van der Waals surface area (Å²) < 4.78 is 0. The highest BCUT2D eigenvalue weighted by atomic mass is 15.2. The summed E-state index contributed by atoms with van der Waals surface area (Å²) in [5, 5.41) is 3.85. The molecule has 3 fully saturated rings. The van der Waals surface area contributed by atoms with E-state index in [0.29, 0.717) is 5.54 Å². The summed E-state index contributed by atoms with van der Waals surface area (Å²) in [6.45, 7) is 8.76. The van der Waals surface area contributed by atoms with E-state index in [0.717, 1.165) is 17.9 Å². The van der Waals surface area contributed by atoms with Crippen LogP contribution in [0.15, 0.2) is 0 Å². The molecule has 1 saturated heterocycles. The third kappa shape index (κ3) is 2.46. The van der Waals surface area contributed by atoms with Crippen molar-refractivity contribution in [3.63, 3.8) is 0 Å². The number of rotatable bonds is 1. The monoisotopic (exact) mass is 250 g/mol. The van der Waals surface area contributed by atoms with E-state index < -0.39 is 0 Å². The highest BCUT2D eigenvalue weighted by Crippen LogP contribution is 2.37. The highest BCUT2D eigenvalue weighted by Gasteiger charge is 2.41. The van der Waals surface area contributed by atoms with Crippen LogP contribution >= 0.6 is 0 Å². The lowest BCUT2D eigenvalue weighted by Gasteiger charge is -2.48. The summed E-state index contributed by atoms with van der Waals surface area (Å²) >= 11 is 0. The zero-order chi connectivity index (χ0) is 12.6. The first-order valence-electron chi connectivity index (χ1n) is 8.18. The topological polar surface area (TPSA) is 15.3 Å². The maximum atomic E-state index is 3.85. The summed E-state index contributed by atoms with van der Waals surface area (Å²) in [6.07, 6.45) is 10.1. The fourth-order valence-corrected chi connectivity index (χ4v) is 4.85. The molecule has 0 aromatic heterocycles. The van der Waals surface area contributed by atoms with Crippen LogP contribution in [0.4, 0.5) is 0 Å². The zero-order valence-corrected chi connectivity index (χ0v) is 12.3. The first kappa shape index (κ1) is 12.9. The Morgan fingerprint density at radius 2 is 1.89 bits per heavy atom. The second-order valence-corrected chi connectivity index (χ2v) is 7.35. The average Bonchev–Trinajstić information content (AvgIpc) is 2.77. The van der Waals surface area contributed by atoms with Crippen LogP contribution in [-0.4, -0.2) is 36.1 Å². The molecule has 3 aliphatic rings. The molecular formula is C16H30N2. The van der Waals surface area contributed by atoms with Gasteiger partial charge in [-0.05, 0) is 43.9 Å². The van der Waals surface area contributed by atoms with Gasteiger partial charge in [-0.15, -0.1) is 0 Å². The molecule has 0 radical (unpaired) electrons. The van der Waals surface area contributed by atoms with Crippen LogP contribution in [0.3, 0.4) is 0 Å². The van der Waals surface area contributed by atoms with E-state index in [-0.39, 0.29) is 0 Å². The van der Waals surface area contributed by atoms with Gasteiger partial charge < -0.3 is 5.32 Å². The Hall–Kier alpha value is -0.0800. The smallest absolute Gasteiger partial charge is 0.0309 e. The molecule has 0 amide bonds. The fraction of sp³-hybridized carbons (Fsp3) is 1.00. The third-order valence-electron chi connectivity index (χ3n) is 5.82. The van der Waals surface area contributed by atoms with E-state index in [4.69, 9.17) is 0 Å². The Labute approximate surface area is 113 Å². The SMILES string of the molecule is CC1CCC(N2CCNC3(CCCC3)C2)C(C)C1. The van der Waals surface area contributed by atoms with Crippen molar-refractivity contribution in [2.24, 2.45) is 11.8 Å². The van der Waals surface area contributed by atoms with Crippen LogP contribution < -0.4 is 5.32 Å². The van der Waals surface area contributed by atoms with E-state index in [1.54, 1.807) is 0 Å². The van der Waals surface area contributed by atoms with Crippen molar-refractivity contribution < 1.29 is 0 Å². The molecule has 0 bridgehead atoms. The summed E-state index contributed by atoms with van der Waals surface area (Å²) in [6, 6.07) is 0.876. The quantitative estimate of drug-likeness (QED) is 0.769. The van der Waals surface area contributed by atoms with Crippen LogP contribution in [-0.2, 0) is 0 Å². The number of piperazine rings is 1. The Morgan fingerprint density at radius 3 is 2.61 bits per heavy atom. The molecule has 3 rings (SSSR count). The number of nitrogens with zero attached hydrogens (tertiary/aromatic N) is 1. The lowest BCUT2D eigenvalue weighted by molar-refractivity contribution is 0.0404. The van der Waals surface area contributed by atoms with Crippen molar-refractivity contribution in [3.8, 4) is 0 Å². The average molecular weight is 250 g/mol. The van der Waals surface area contributed by atoms with Crippen LogP contribution in [0.25, 0.3) is 0 Å². The molecule has 1 heterocycles. The summed E-state index contributed by atoms with van der Waals surface area (Å²) in [7, 11) is 0. The molecule has 3 atom stereocenters. The van der Waals surface area contributed by atoms with Gasteiger partial charge >= 0.3 is 0 Å². The van der Waals surface area contributed by atoms with Crippen molar-refractivity contribution in [3.05, 3.63) is 0 Å². The molecule has 2 heteroatoms. The first-order chi connectivity index (χ1) is 8.69. The molecular weight excluding hydrogens is 220 g/mol. The van der Waals surface area contributed by atoms with Crippen molar-refractivity contribution in [2.45, 2.75) is 70.4 Å². The van der Waals surface area contributed by atoms with Crippen LogP contribution in [0.5, 0.6) is 0 Å². The van der Waals surface area contributed by atoms with Gasteiger partial charge in [0.25, 0.3) is 0 Å². The second-order valence-electron chi connectivity index (χ2n) is 7.35. The van der Waals surface area contributed by atoms with Gasteiger partial charge in [-0.2, -0.15) is 0 Å². The third-order valence-corrected chi connectivity index (χ3v) is 5.82. The molecule has 0 aromatic carbocycles. The van der Waals surface area contributed by atoms with Crippen LogP contribution in [0, 0.1) is 11.8 Å². The Morgan fingerprint density at radius 1 is 1.11 bits per heavy atom. The molecule has 104 valence electrons. The summed E-state index contributed by atoms with van der Waals surface area (Å²) in [5.41, 5.74) is 0.501. The van der Waals surface area contributed by atoms with Gasteiger partial charge in [0.2, 0.25) is 0 Å². The zero-order valence-electron chi connectivity index (χ0n) is 12.3. The normalized spacial score (nSPS) is 41.3. The molecule has 18 heavy (non-hydrogen) atoms. The van der Waals surface area contributed by atoms with Gasteiger partial charge in [0.1, 0.15) is 0 Å². The van der Waals surface area contributed by atoms with Gasteiger partial charge in [-0.3, -0.25) is 4.90 Å². The van der Waals surface area contributed by atoms with E-state index >= 15 is 0 Å². The van der Waals surface area contributed by atoms with Crippen LogP contribution in [0.2, 0.25) is 0 Å². The molecule has 1 aliphatic heterocycles. The number of hydrogen-bond acceptors (Lipinski definition) is 2. The van der Waals surface area contributed by atoms with Gasteiger partial charge in [0.05, 0.1) is 0 Å². The Kier molecular flexibility index (Phi) is 3.68. The fourth-order valence-electron chi connectivity index (χ4n) is 4.85. The molecule has 2 saturated carbocycles. The van der Waals surface area contributed by atoms with E-state index in [1.165, 1.54) is 64.6 Å². The van der Waals surface area contributed by atoms with Crippen molar-refractivity contribution in [1.29, 1.82) is 0 Å².